The number of carbonyl (C=O) groups is 1. The van der Waals surface area contributed by atoms with Crippen molar-refractivity contribution in [3.8, 4) is 0 Å². The van der Waals surface area contributed by atoms with Crippen molar-refractivity contribution < 1.29 is 4.79 Å². The Labute approximate surface area is 95.5 Å². The van der Waals surface area contributed by atoms with Gasteiger partial charge in [-0.2, -0.15) is 0 Å². The highest BCUT2D eigenvalue weighted by atomic mass is 16.2. The van der Waals surface area contributed by atoms with Crippen molar-refractivity contribution in [3.63, 3.8) is 0 Å². The fourth-order valence-corrected chi connectivity index (χ4v) is 1.93. The van der Waals surface area contributed by atoms with Gasteiger partial charge in [0.25, 0.3) is 0 Å². The molecule has 1 aliphatic heterocycles. The molecule has 0 spiro atoms. The quantitative estimate of drug-likeness (QED) is 0.793. The lowest BCUT2D eigenvalue weighted by Gasteiger charge is -2.16. The highest BCUT2D eigenvalue weighted by Gasteiger charge is 2.23. The van der Waals surface area contributed by atoms with Crippen molar-refractivity contribution in [3.05, 3.63) is 30.1 Å². The molecule has 1 aromatic rings. The van der Waals surface area contributed by atoms with Gasteiger partial charge in [0.15, 0.2) is 0 Å². The Morgan fingerprint density at radius 1 is 1.69 bits per heavy atom. The van der Waals surface area contributed by atoms with Gasteiger partial charge in [-0.1, -0.05) is 6.07 Å². The van der Waals surface area contributed by atoms with E-state index in [0.717, 1.165) is 25.1 Å². The summed E-state index contributed by atoms with van der Waals surface area (Å²) in [4.78, 5) is 15.9. The molecule has 1 amide bonds. The van der Waals surface area contributed by atoms with Gasteiger partial charge >= 0.3 is 0 Å². The number of rotatable bonds is 3. The molecule has 0 aromatic carbocycles. The Kier molecular flexibility index (Phi) is 3.51. The minimum atomic E-state index is 0.0294. The number of nitrogens with one attached hydrogen (secondary N) is 2. The predicted octanol–water partition coefficient (Wildman–Crippen LogP) is 0.868. The van der Waals surface area contributed by atoms with Crippen molar-refractivity contribution in [2.75, 3.05) is 13.1 Å². The molecule has 0 bridgehead atoms. The lowest BCUT2D eigenvalue weighted by Crippen LogP contribution is -2.33. The summed E-state index contributed by atoms with van der Waals surface area (Å²) < 4.78 is 0. The summed E-state index contributed by atoms with van der Waals surface area (Å²) in [5.41, 5.74) is 1.04. The highest BCUT2D eigenvalue weighted by Crippen LogP contribution is 2.13. The van der Waals surface area contributed by atoms with E-state index >= 15 is 0 Å². The maximum absolute atomic E-state index is 11.9. The largest absolute Gasteiger partial charge is 0.349 e. The maximum Gasteiger partial charge on any atom is 0.224 e. The molecule has 4 heteroatoms. The van der Waals surface area contributed by atoms with Crippen LogP contribution in [0.2, 0.25) is 0 Å². The molecule has 16 heavy (non-hydrogen) atoms. The van der Waals surface area contributed by atoms with E-state index in [0.29, 0.717) is 0 Å². The Morgan fingerprint density at radius 3 is 3.19 bits per heavy atom. The van der Waals surface area contributed by atoms with Gasteiger partial charge in [-0.3, -0.25) is 9.78 Å². The van der Waals surface area contributed by atoms with E-state index in [-0.39, 0.29) is 17.9 Å². The molecule has 1 fully saturated rings. The third-order valence-electron chi connectivity index (χ3n) is 2.97. The van der Waals surface area contributed by atoms with E-state index in [1.807, 2.05) is 19.1 Å². The zero-order chi connectivity index (χ0) is 11.4. The normalized spacial score (nSPS) is 21.7. The topological polar surface area (TPSA) is 54.0 Å². The summed E-state index contributed by atoms with van der Waals surface area (Å²) in [5.74, 6) is 0.264. The summed E-state index contributed by atoms with van der Waals surface area (Å²) in [7, 11) is 0. The first kappa shape index (κ1) is 11.1. The average molecular weight is 219 g/mol. The van der Waals surface area contributed by atoms with Gasteiger partial charge in [0.1, 0.15) is 0 Å². The zero-order valence-electron chi connectivity index (χ0n) is 9.44. The number of hydrogen-bond donors (Lipinski definition) is 2. The molecule has 4 nitrogen and oxygen atoms in total. The molecule has 2 atom stereocenters. The van der Waals surface area contributed by atoms with E-state index in [4.69, 9.17) is 0 Å². The van der Waals surface area contributed by atoms with Crippen molar-refractivity contribution in [2.45, 2.75) is 19.4 Å². The molecule has 2 unspecified atom stereocenters. The van der Waals surface area contributed by atoms with Gasteiger partial charge < -0.3 is 10.6 Å². The van der Waals surface area contributed by atoms with Crippen molar-refractivity contribution in [2.24, 2.45) is 5.92 Å². The van der Waals surface area contributed by atoms with E-state index < -0.39 is 0 Å². The smallest absolute Gasteiger partial charge is 0.224 e. The van der Waals surface area contributed by atoms with Crippen molar-refractivity contribution in [1.82, 2.24) is 15.6 Å². The Balaban J connectivity index is 1.92. The summed E-state index contributed by atoms with van der Waals surface area (Å²) in [6.07, 6.45) is 4.46. The number of nitrogens with zero attached hydrogens (tertiary/aromatic N) is 1. The highest BCUT2D eigenvalue weighted by molar-refractivity contribution is 5.79. The molecule has 0 aliphatic carbocycles. The first-order valence-corrected chi connectivity index (χ1v) is 5.68. The van der Waals surface area contributed by atoms with Crippen molar-refractivity contribution in [1.29, 1.82) is 0 Å². The van der Waals surface area contributed by atoms with Gasteiger partial charge in [-0.15, -0.1) is 0 Å². The SMILES string of the molecule is CC(NC(=O)C1CCNC1)c1cccnc1. The maximum atomic E-state index is 11.9. The van der Waals surface area contributed by atoms with Gasteiger partial charge in [0.05, 0.1) is 12.0 Å². The van der Waals surface area contributed by atoms with Gasteiger partial charge in [0, 0.05) is 18.9 Å². The van der Waals surface area contributed by atoms with Crippen LogP contribution in [0.25, 0.3) is 0 Å². The van der Waals surface area contributed by atoms with Crippen LogP contribution in [0.5, 0.6) is 0 Å². The van der Waals surface area contributed by atoms with Crippen LogP contribution < -0.4 is 10.6 Å². The molecule has 1 aromatic heterocycles. The molecule has 86 valence electrons. The number of amides is 1. The van der Waals surface area contributed by atoms with E-state index in [2.05, 4.69) is 15.6 Å². The van der Waals surface area contributed by atoms with E-state index in [1.54, 1.807) is 12.4 Å². The van der Waals surface area contributed by atoms with Gasteiger partial charge in [-0.25, -0.2) is 0 Å². The lowest BCUT2D eigenvalue weighted by atomic mass is 10.1. The molecule has 2 N–H and O–H groups in total. The van der Waals surface area contributed by atoms with E-state index in [9.17, 15) is 4.79 Å². The molecular formula is C12H17N3O. The fourth-order valence-electron chi connectivity index (χ4n) is 1.93. The monoisotopic (exact) mass is 219 g/mol. The lowest BCUT2D eigenvalue weighted by molar-refractivity contribution is -0.125. The van der Waals surface area contributed by atoms with E-state index in [1.165, 1.54) is 0 Å². The van der Waals surface area contributed by atoms with Gasteiger partial charge in [0.2, 0.25) is 5.91 Å². The summed E-state index contributed by atoms with van der Waals surface area (Å²) in [5, 5.41) is 6.21. The fraction of sp³-hybridized carbons (Fsp3) is 0.500. The van der Waals surface area contributed by atoms with Crippen LogP contribution in [0, 0.1) is 5.92 Å². The second-order valence-electron chi connectivity index (χ2n) is 4.21. The molecule has 0 saturated carbocycles. The summed E-state index contributed by atoms with van der Waals surface area (Å²) in [6.45, 7) is 3.72. The molecule has 1 saturated heterocycles. The third kappa shape index (κ3) is 2.58. The van der Waals surface area contributed by atoms with Crippen LogP contribution in [-0.4, -0.2) is 24.0 Å². The minimum Gasteiger partial charge on any atom is -0.349 e. The van der Waals surface area contributed by atoms with Crippen LogP contribution in [0.1, 0.15) is 24.9 Å². The van der Waals surface area contributed by atoms with Crippen LogP contribution in [0.4, 0.5) is 0 Å². The number of carbonyl (C=O) groups excluding carboxylic acids is 1. The molecule has 0 radical (unpaired) electrons. The Bertz CT molecular complexity index is 347. The predicted molar refractivity (Wildman–Crippen MR) is 61.8 cm³/mol. The first-order valence-electron chi connectivity index (χ1n) is 5.68. The Morgan fingerprint density at radius 2 is 2.56 bits per heavy atom. The average Bonchev–Trinajstić information content (AvgIpc) is 2.83. The second-order valence-corrected chi connectivity index (χ2v) is 4.21. The first-order chi connectivity index (χ1) is 7.77. The third-order valence-corrected chi connectivity index (χ3v) is 2.97. The van der Waals surface area contributed by atoms with Crippen LogP contribution in [0.3, 0.4) is 0 Å². The molecule has 2 heterocycles. The zero-order valence-corrected chi connectivity index (χ0v) is 9.44. The Hall–Kier alpha value is -1.42. The number of pyridine rings is 1. The minimum absolute atomic E-state index is 0.0294. The van der Waals surface area contributed by atoms with Gasteiger partial charge in [-0.05, 0) is 31.5 Å². The summed E-state index contributed by atoms with van der Waals surface area (Å²) in [6, 6.07) is 3.89. The number of hydrogen-bond acceptors (Lipinski definition) is 3. The van der Waals surface area contributed by atoms with Crippen LogP contribution >= 0.6 is 0 Å². The summed E-state index contributed by atoms with van der Waals surface area (Å²) >= 11 is 0. The molecule has 1 aliphatic rings. The second kappa shape index (κ2) is 5.07. The van der Waals surface area contributed by atoms with Crippen LogP contribution in [-0.2, 0) is 4.79 Å². The molecular weight excluding hydrogens is 202 g/mol. The molecule has 2 rings (SSSR count). The number of aromatic nitrogens is 1. The van der Waals surface area contributed by atoms with Crippen molar-refractivity contribution >= 4 is 5.91 Å². The van der Waals surface area contributed by atoms with Crippen LogP contribution in [0.15, 0.2) is 24.5 Å². The standard InChI is InChI=1S/C12H17N3O/c1-9(10-3-2-5-13-7-10)15-12(16)11-4-6-14-8-11/h2-3,5,7,9,11,14H,4,6,8H2,1H3,(H,15,16).